The number of rotatable bonds is 8. The van der Waals surface area contributed by atoms with Crippen molar-refractivity contribution in [2.24, 2.45) is 0 Å². The SMILES string of the molecule is O=C(CCCc1nnc(-c2ccccc2)o1)Nc1ncc(Cc2ccc(F)c(F)c2)s1. The number of benzene rings is 2. The summed E-state index contributed by atoms with van der Waals surface area (Å²) in [6.45, 7) is 0. The van der Waals surface area contributed by atoms with E-state index in [0.717, 1.165) is 22.6 Å². The van der Waals surface area contributed by atoms with Gasteiger partial charge in [-0.3, -0.25) is 4.79 Å². The molecule has 0 saturated heterocycles. The number of amides is 1. The van der Waals surface area contributed by atoms with E-state index in [2.05, 4.69) is 20.5 Å². The first-order valence-corrected chi connectivity index (χ1v) is 10.4. The number of anilines is 1. The molecule has 0 saturated carbocycles. The van der Waals surface area contributed by atoms with Gasteiger partial charge in [-0.2, -0.15) is 0 Å². The summed E-state index contributed by atoms with van der Waals surface area (Å²) in [5, 5.41) is 11.3. The molecule has 0 atom stereocenters. The molecule has 4 rings (SSSR count). The highest BCUT2D eigenvalue weighted by atomic mass is 32.1. The minimum Gasteiger partial charge on any atom is -0.421 e. The summed E-state index contributed by atoms with van der Waals surface area (Å²) in [6, 6.07) is 13.3. The number of aryl methyl sites for hydroxylation is 1. The first-order valence-electron chi connectivity index (χ1n) is 9.63. The molecule has 2 aromatic heterocycles. The monoisotopic (exact) mass is 440 g/mol. The summed E-state index contributed by atoms with van der Waals surface area (Å²) in [7, 11) is 0. The van der Waals surface area contributed by atoms with Crippen LogP contribution in [-0.2, 0) is 17.6 Å². The van der Waals surface area contributed by atoms with Gasteiger partial charge in [0, 0.05) is 35.9 Å². The Labute approximate surface area is 181 Å². The van der Waals surface area contributed by atoms with E-state index in [4.69, 9.17) is 4.42 Å². The third-order valence-corrected chi connectivity index (χ3v) is 5.36. The number of halogens is 2. The van der Waals surface area contributed by atoms with Crippen LogP contribution in [0, 0.1) is 11.6 Å². The molecule has 9 heteroatoms. The molecule has 0 spiro atoms. The van der Waals surface area contributed by atoms with E-state index in [1.807, 2.05) is 30.3 Å². The fourth-order valence-corrected chi connectivity index (χ4v) is 3.79. The number of hydrogen-bond donors (Lipinski definition) is 1. The number of carbonyl (C=O) groups excluding carboxylic acids is 1. The molecule has 0 unspecified atom stereocenters. The Morgan fingerprint density at radius 3 is 2.71 bits per heavy atom. The van der Waals surface area contributed by atoms with Gasteiger partial charge >= 0.3 is 0 Å². The standard InChI is InChI=1S/C22H18F2N4O2S/c23-17-10-9-14(12-18(17)24)11-16-13-25-22(31-16)26-19(29)7-4-8-20-27-28-21(30-20)15-5-2-1-3-6-15/h1-3,5-6,9-10,12-13H,4,7-8,11H2,(H,25,26,29). The van der Waals surface area contributed by atoms with Crippen molar-refractivity contribution in [3.8, 4) is 11.5 Å². The quantitative estimate of drug-likeness (QED) is 0.416. The molecule has 2 heterocycles. The van der Waals surface area contributed by atoms with Gasteiger partial charge in [-0.25, -0.2) is 13.8 Å². The number of thiazole rings is 1. The van der Waals surface area contributed by atoms with Crippen LogP contribution in [0.4, 0.5) is 13.9 Å². The smallest absolute Gasteiger partial charge is 0.247 e. The van der Waals surface area contributed by atoms with Gasteiger partial charge in [-0.05, 0) is 36.2 Å². The Kier molecular flexibility index (Phi) is 6.42. The highest BCUT2D eigenvalue weighted by Gasteiger charge is 2.11. The molecule has 0 bridgehead atoms. The van der Waals surface area contributed by atoms with Gasteiger partial charge in [0.2, 0.25) is 17.7 Å². The first-order chi connectivity index (χ1) is 15.1. The zero-order valence-electron chi connectivity index (χ0n) is 16.3. The average molecular weight is 440 g/mol. The van der Waals surface area contributed by atoms with Gasteiger partial charge in [0.05, 0.1) is 0 Å². The van der Waals surface area contributed by atoms with Crippen LogP contribution < -0.4 is 5.32 Å². The number of carbonyl (C=O) groups is 1. The van der Waals surface area contributed by atoms with Gasteiger partial charge in [0.15, 0.2) is 16.8 Å². The van der Waals surface area contributed by atoms with Crippen LogP contribution in [-0.4, -0.2) is 21.1 Å². The van der Waals surface area contributed by atoms with Crippen LogP contribution in [0.15, 0.2) is 59.1 Å². The second kappa shape index (κ2) is 9.57. The van der Waals surface area contributed by atoms with Crippen LogP contribution in [0.5, 0.6) is 0 Å². The molecular weight excluding hydrogens is 422 g/mol. The maximum absolute atomic E-state index is 13.3. The van der Waals surface area contributed by atoms with Crippen molar-refractivity contribution in [1.29, 1.82) is 0 Å². The lowest BCUT2D eigenvalue weighted by atomic mass is 10.1. The number of hydrogen-bond acceptors (Lipinski definition) is 6. The van der Waals surface area contributed by atoms with Gasteiger partial charge in [-0.1, -0.05) is 24.3 Å². The molecule has 0 aliphatic heterocycles. The topological polar surface area (TPSA) is 80.9 Å². The normalized spacial score (nSPS) is 10.9. The molecule has 1 amide bonds. The van der Waals surface area contributed by atoms with Crippen molar-refractivity contribution in [3.63, 3.8) is 0 Å². The zero-order chi connectivity index (χ0) is 21.6. The van der Waals surface area contributed by atoms with Gasteiger partial charge in [0.25, 0.3) is 0 Å². The van der Waals surface area contributed by atoms with E-state index in [1.165, 1.54) is 17.4 Å². The van der Waals surface area contributed by atoms with Gasteiger partial charge in [-0.15, -0.1) is 21.5 Å². The summed E-state index contributed by atoms with van der Waals surface area (Å²) >= 11 is 1.30. The minimum atomic E-state index is -0.882. The highest BCUT2D eigenvalue weighted by Crippen LogP contribution is 2.22. The molecule has 1 N–H and O–H groups in total. The van der Waals surface area contributed by atoms with Crippen molar-refractivity contribution in [3.05, 3.63) is 82.7 Å². The summed E-state index contributed by atoms with van der Waals surface area (Å²) in [4.78, 5) is 17.2. The van der Waals surface area contributed by atoms with Gasteiger partial charge in [0.1, 0.15) is 0 Å². The predicted octanol–water partition coefficient (Wildman–Crippen LogP) is 5.02. The molecule has 0 aliphatic carbocycles. The molecule has 0 aliphatic rings. The molecule has 0 fully saturated rings. The van der Waals surface area contributed by atoms with Crippen LogP contribution in [0.1, 0.15) is 29.2 Å². The summed E-state index contributed by atoms with van der Waals surface area (Å²) in [6.07, 6.45) is 3.35. The van der Waals surface area contributed by atoms with Crippen LogP contribution >= 0.6 is 11.3 Å². The van der Waals surface area contributed by atoms with Gasteiger partial charge < -0.3 is 9.73 Å². The molecule has 31 heavy (non-hydrogen) atoms. The fraction of sp³-hybridized carbons (Fsp3) is 0.182. The molecule has 2 aromatic carbocycles. The second-order valence-corrected chi connectivity index (χ2v) is 7.94. The Bertz CT molecular complexity index is 1180. The van der Waals surface area contributed by atoms with Crippen LogP contribution in [0.25, 0.3) is 11.5 Å². The Balaban J connectivity index is 1.24. The Morgan fingerprint density at radius 1 is 1.06 bits per heavy atom. The van der Waals surface area contributed by atoms with E-state index in [9.17, 15) is 13.6 Å². The second-order valence-electron chi connectivity index (χ2n) is 6.83. The third kappa shape index (κ3) is 5.58. The zero-order valence-corrected chi connectivity index (χ0v) is 17.2. The molecule has 4 aromatic rings. The Morgan fingerprint density at radius 2 is 1.90 bits per heavy atom. The minimum absolute atomic E-state index is 0.170. The number of nitrogens with one attached hydrogen (secondary N) is 1. The maximum atomic E-state index is 13.3. The van der Waals surface area contributed by atoms with E-state index >= 15 is 0 Å². The van der Waals surface area contributed by atoms with Crippen molar-refractivity contribution < 1.29 is 18.0 Å². The first kappa shape index (κ1) is 20.8. The summed E-state index contributed by atoms with van der Waals surface area (Å²) in [5.41, 5.74) is 1.48. The number of nitrogens with zero attached hydrogens (tertiary/aromatic N) is 3. The number of aromatic nitrogens is 3. The van der Waals surface area contributed by atoms with Crippen molar-refractivity contribution in [2.75, 3.05) is 5.32 Å². The van der Waals surface area contributed by atoms with Crippen molar-refractivity contribution >= 4 is 22.4 Å². The largest absolute Gasteiger partial charge is 0.421 e. The fourth-order valence-electron chi connectivity index (χ4n) is 2.93. The Hall–Kier alpha value is -3.46. The van der Waals surface area contributed by atoms with Crippen LogP contribution in [0.2, 0.25) is 0 Å². The molecular formula is C22H18F2N4O2S. The third-order valence-electron chi connectivity index (χ3n) is 4.44. The lowest BCUT2D eigenvalue weighted by molar-refractivity contribution is -0.116. The molecule has 6 nitrogen and oxygen atoms in total. The maximum Gasteiger partial charge on any atom is 0.247 e. The predicted molar refractivity (Wildman–Crippen MR) is 113 cm³/mol. The van der Waals surface area contributed by atoms with Crippen LogP contribution in [0.3, 0.4) is 0 Å². The van der Waals surface area contributed by atoms with E-state index in [0.29, 0.717) is 41.7 Å². The summed E-state index contributed by atoms with van der Waals surface area (Å²) in [5.74, 6) is -0.992. The highest BCUT2D eigenvalue weighted by molar-refractivity contribution is 7.15. The van der Waals surface area contributed by atoms with E-state index in [-0.39, 0.29) is 12.3 Å². The van der Waals surface area contributed by atoms with Crippen molar-refractivity contribution in [1.82, 2.24) is 15.2 Å². The molecule has 158 valence electrons. The molecule has 0 radical (unpaired) electrons. The summed E-state index contributed by atoms with van der Waals surface area (Å²) < 4.78 is 32.0. The average Bonchev–Trinajstić information content (AvgIpc) is 3.41. The lowest BCUT2D eigenvalue weighted by Gasteiger charge is -2.01. The van der Waals surface area contributed by atoms with E-state index < -0.39 is 11.6 Å². The van der Waals surface area contributed by atoms with Crippen molar-refractivity contribution in [2.45, 2.75) is 25.7 Å². The lowest BCUT2D eigenvalue weighted by Crippen LogP contribution is -2.11. The van der Waals surface area contributed by atoms with E-state index in [1.54, 1.807) is 6.20 Å².